The first-order valence-electron chi connectivity index (χ1n) is 15.2. The topological polar surface area (TPSA) is 238 Å². The van der Waals surface area contributed by atoms with Crippen molar-refractivity contribution < 1.29 is 26.4 Å². The van der Waals surface area contributed by atoms with E-state index in [0.717, 1.165) is 0 Å². The third-order valence-corrected chi connectivity index (χ3v) is 9.35. The Bertz CT molecular complexity index is 2330. The van der Waals surface area contributed by atoms with Gasteiger partial charge in [0, 0.05) is 34.4 Å². The highest BCUT2D eigenvalue weighted by Gasteiger charge is 2.28. The first-order chi connectivity index (χ1) is 23.1. The van der Waals surface area contributed by atoms with Gasteiger partial charge in [-0.05, 0) is 24.3 Å². The number of ketones is 2. The second kappa shape index (κ2) is 12.9. The number of H-pyrrole nitrogens is 2. The molecule has 50 heavy (non-hydrogen) atoms. The van der Waals surface area contributed by atoms with Crippen molar-refractivity contribution in [1.29, 1.82) is 0 Å². The number of carbonyl (C=O) groups is 2. The normalized spacial score (nSPS) is 12.5. The van der Waals surface area contributed by atoms with Crippen molar-refractivity contribution in [3.63, 3.8) is 0 Å². The molecule has 6 N–H and O–H groups in total. The van der Waals surface area contributed by atoms with E-state index in [0.29, 0.717) is 56.0 Å². The molecule has 6 aromatic rings. The van der Waals surface area contributed by atoms with Gasteiger partial charge in [-0.1, -0.05) is 65.8 Å². The fourth-order valence-corrected chi connectivity index (χ4v) is 6.00. The van der Waals surface area contributed by atoms with Crippen LogP contribution in [-0.4, -0.2) is 58.3 Å². The smallest absolute Gasteiger partial charge is 0.238 e. The summed E-state index contributed by atoms with van der Waals surface area (Å²) in [5, 5.41) is 10.4. The summed E-state index contributed by atoms with van der Waals surface area (Å²) in [6, 6.07) is 12.3. The number of benzene rings is 2. The highest BCUT2D eigenvalue weighted by atomic mass is 32.2. The van der Waals surface area contributed by atoms with Gasteiger partial charge in [0.25, 0.3) is 0 Å². The standard InChI is InChI=1S/2C17H18N4O3S/c2*1-17(2,3)15(22)12-8-19-16-14(12)21-13(9-20-16)10-5-4-6-11(7-10)25(18,23)24/h2*4-9H,1-3H3,(H,19,20)(H2,18,23,24). The van der Waals surface area contributed by atoms with E-state index in [2.05, 4.69) is 29.9 Å². The van der Waals surface area contributed by atoms with Crippen LogP contribution in [0, 0.1) is 10.8 Å². The molecule has 16 heteroatoms. The molecule has 6 rings (SSSR count). The predicted octanol–water partition coefficient (Wildman–Crippen LogP) is 5.00. The van der Waals surface area contributed by atoms with Crippen LogP contribution in [0.3, 0.4) is 0 Å². The average molecular weight is 717 g/mol. The summed E-state index contributed by atoms with van der Waals surface area (Å²) in [4.78, 5) is 48.7. The van der Waals surface area contributed by atoms with Crippen molar-refractivity contribution >= 4 is 53.9 Å². The van der Waals surface area contributed by atoms with Gasteiger partial charge in [0.05, 0.1) is 44.7 Å². The van der Waals surface area contributed by atoms with E-state index in [9.17, 15) is 26.4 Å². The Morgan fingerprint density at radius 1 is 0.620 bits per heavy atom. The maximum Gasteiger partial charge on any atom is 0.238 e. The molecule has 4 aromatic heterocycles. The van der Waals surface area contributed by atoms with E-state index >= 15 is 0 Å². The van der Waals surface area contributed by atoms with Gasteiger partial charge in [0.1, 0.15) is 11.0 Å². The summed E-state index contributed by atoms with van der Waals surface area (Å²) in [7, 11) is -7.63. The highest BCUT2D eigenvalue weighted by Crippen LogP contribution is 2.29. The van der Waals surface area contributed by atoms with Crippen LogP contribution >= 0.6 is 0 Å². The van der Waals surface area contributed by atoms with Crippen molar-refractivity contribution in [3.05, 3.63) is 84.4 Å². The number of fused-ring (bicyclic) bond motifs is 2. The third kappa shape index (κ3) is 7.68. The second-order valence-corrected chi connectivity index (χ2v) is 16.7. The SMILES string of the molecule is CC(C)(C)C(=O)c1c[nH]c2ncc(-c3cccc(S(N)(=O)=O)c3)nc12.CC(C)(C)C(=O)c1c[nH]c2ncc(-c3cccc(S(N)(=O)=O)c3)nc12. The molecule has 0 saturated heterocycles. The van der Waals surface area contributed by atoms with Crippen molar-refractivity contribution in [3.8, 4) is 22.5 Å². The van der Waals surface area contributed by atoms with Crippen LogP contribution in [-0.2, 0) is 20.0 Å². The number of aromatic nitrogens is 6. The number of sulfonamides is 2. The molecule has 0 radical (unpaired) electrons. The number of carbonyl (C=O) groups excluding carboxylic acids is 2. The Hall–Kier alpha value is -5.16. The zero-order valence-corrected chi connectivity index (χ0v) is 29.8. The van der Waals surface area contributed by atoms with Crippen LogP contribution in [0.2, 0.25) is 0 Å². The van der Waals surface area contributed by atoms with E-state index in [1.54, 1.807) is 36.7 Å². The fourth-order valence-electron chi connectivity index (χ4n) is 4.88. The van der Waals surface area contributed by atoms with Crippen molar-refractivity contribution in [2.75, 3.05) is 0 Å². The second-order valence-electron chi connectivity index (χ2n) is 13.6. The predicted molar refractivity (Wildman–Crippen MR) is 189 cm³/mol. The fraction of sp³-hybridized carbons (Fsp3) is 0.235. The van der Waals surface area contributed by atoms with Crippen LogP contribution < -0.4 is 10.3 Å². The Balaban J connectivity index is 0.000000194. The van der Waals surface area contributed by atoms with Gasteiger partial charge < -0.3 is 9.97 Å². The minimum Gasteiger partial charge on any atom is -0.344 e. The minimum atomic E-state index is -3.81. The zero-order chi connectivity index (χ0) is 36.8. The number of primary sulfonamides is 2. The van der Waals surface area contributed by atoms with E-state index in [1.807, 2.05) is 41.5 Å². The van der Waals surface area contributed by atoms with Gasteiger partial charge in [-0.3, -0.25) is 9.59 Å². The van der Waals surface area contributed by atoms with Gasteiger partial charge in [0.2, 0.25) is 20.0 Å². The van der Waals surface area contributed by atoms with Gasteiger partial charge in [-0.2, -0.15) is 0 Å². The van der Waals surface area contributed by atoms with Crippen LogP contribution in [0.15, 0.2) is 83.1 Å². The lowest BCUT2D eigenvalue weighted by atomic mass is 9.87. The maximum atomic E-state index is 12.6. The van der Waals surface area contributed by atoms with Gasteiger partial charge in [-0.15, -0.1) is 0 Å². The summed E-state index contributed by atoms with van der Waals surface area (Å²) in [6.07, 6.45) is 6.24. The molecule has 0 saturated carbocycles. The minimum absolute atomic E-state index is 0.00745. The van der Waals surface area contributed by atoms with E-state index in [4.69, 9.17) is 10.3 Å². The Kier molecular flexibility index (Phi) is 9.35. The zero-order valence-electron chi connectivity index (χ0n) is 28.1. The van der Waals surface area contributed by atoms with Gasteiger partial charge >= 0.3 is 0 Å². The molecule has 0 aliphatic heterocycles. The molecule has 0 fully saturated rings. The van der Waals surface area contributed by atoms with Crippen molar-refractivity contribution in [2.24, 2.45) is 21.1 Å². The first-order valence-corrected chi connectivity index (χ1v) is 18.3. The number of hydrogen-bond acceptors (Lipinski definition) is 10. The first kappa shape index (κ1) is 36.1. The number of nitrogens with one attached hydrogen (secondary N) is 2. The summed E-state index contributed by atoms with van der Waals surface area (Å²) < 4.78 is 46.1. The molecule has 0 spiro atoms. The Labute approximate surface area is 288 Å². The van der Waals surface area contributed by atoms with E-state index in [1.165, 1.54) is 36.7 Å². The van der Waals surface area contributed by atoms with E-state index < -0.39 is 30.9 Å². The summed E-state index contributed by atoms with van der Waals surface area (Å²) in [5.41, 5.74) is 3.74. The lowest BCUT2D eigenvalue weighted by Gasteiger charge is -2.15. The molecule has 0 bridgehead atoms. The lowest BCUT2D eigenvalue weighted by Crippen LogP contribution is -2.20. The van der Waals surface area contributed by atoms with Crippen LogP contribution in [0.25, 0.3) is 44.8 Å². The summed E-state index contributed by atoms with van der Waals surface area (Å²) in [6.45, 7) is 11.0. The molecule has 0 aliphatic carbocycles. The molecular formula is C34H36N8O6S2. The van der Waals surface area contributed by atoms with Crippen molar-refractivity contribution in [1.82, 2.24) is 29.9 Å². The highest BCUT2D eigenvalue weighted by molar-refractivity contribution is 7.89. The van der Waals surface area contributed by atoms with Gasteiger partial charge in [-0.25, -0.2) is 47.0 Å². The average Bonchev–Trinajstić information content (AvgIpc) is 3.66. The molecule has 260 valence electrons. The largest absolute Gasteiger partial charge is 0.344 e. The number of nitrogens with zero attached hydrogens (tertiary/aromatic N) is 4. The van der Waals surface area contributed by atoms with E-state index in [-0.39, 0.29) is 21.4 Å². The summed E-state index contributed by atoms with van der Waals surface area (Å²) in [5.74, 6) is -0.105. The molecule has 14 nitrogen and oxygen atoms in total. The van der Waals surface area contributed by atoms with Crippen LogP contribution in [0.4, 0.5) is 0 Å². The molecule has 0 atom stereocenters. The molecule has 2 aromatic carbocycles. The molecule has 0 aliphatic rings. The number of hydrogen-bond donors (Lipinski definition) is 4. The van der Waals surface area contributed by atoms with Gasteiger partial charge in [0.15, 0.2) is 22.9 Å². The van der Waals surface area contributed by atoms with Crippen LogP contribution in [0.1, 0.15) is 62.3 Å². The Morgan fingerprint density at radius 3 is 1.30 bits per heavy atom. The Morgan fingerprint density at radius 2 is 0.980 bits per heavy atom. The van der Waals surface area contributed by atoms with Crippen molar-refractivity contribution in [2.45, 2.75) is 51.3 Å². The lowest BCUT2D eigenvalue weighted by molar-refractivity contribution is 0.0854. The molecule has 0 amide bonds. The third-order valence-electron chi connectivity index (χ3n) is 7.53. The summed E-state index contributed by atoms with van der Waals surface area (Å²) >= 11 is 0. The number of rotatable bonds is 6. The number of Topliss-reactive ketones (excluding diaryl/α,β-unsaturated/α-hetero) is 2. The monoisotopic (exact) mass is 716 g/mol. The molecule has 4 heterocycles. The molecular weight excluding hydrogens is 681 g/mol. The number of nitrogens with two attached hydrogens (primary N) is 2. The molecule has 0 unspecified atom stereocenters. The quantitative estimate of drug-likeness (QED) is 0.168. The maximum absolute atomic E-state index is 12.6. The number of aromatic amines is 2. The van der Waals surface area contributed by atoms with Crippen LogP contribution in [0.5, 0.6) is 0 Å².